The molecule has 0 saturated carbocycles. The van der Waals surface area contributed by atoms with E-state index in [2.05, 4.69) is 28.6 Å². The molecule has 0 aliphatic rings. The van der Waals surface area contributed by atoms with Crippen LogP contribution < -0.4 is 21.1 Å². The number of nitrogens with zero attached hydrogens (tertiary/aromatic N) is 1. The lowest BCUT2D eigenvalue weighted by Gasteiger charge is -2.13. The van der Waals surface area contributed by atoms with Gasteiger partial charge in [-0.15, -0.1) is 0 Å². The number of hydrogen-bond donors (Lipinski definition) is 3. The monoisotopic (exact) mass is 368 g/mol. The minimum absolute atomic E-state index is 0.424. The van der Waals surface area contributed by atoms with Crippen molar-refractivity contribution >= 4 is 11.9 Å². The molecule has 0 aliphatic heterocycles. The minimum Gasteiger partial charge on any atom is -0.496 e. The van der Waals surface area contributed by atoms with E-state index < -0.39 is 5.91 Å². The van der Waals surface area contributed by atoms with Crippen LogP contribution in [0.2, 0.25) is 0 Å². The number of aliphatic imine (C=N–C) groups is 1. The summed E-state index contributed by atoms with van der Waals surface area (Å²) in [6, 6.07) is 13.4. The highest BCUT2D eigenvalue weighted by molar-refractivity contribution is 5.92. The summed E-state index contributed by atoms with van der Waals surface area (Å²) in [6.45, 7) is 6.14. The highest BCUT2D eigenvalue weighted by atomic mass is 16.5. The predicted molar refractivity (Wildman–Crippen MR) is 109 cm³/mol. The lowest BCUT2D eigenvalue weighted by atomic mass is 10.1. The number of carbonyl (C=O) groups is 1. The number of nitrogens with two attached hydrogens (primary N) is 1. The Morgan fingerprint density at radius 2 is 1.89 bits per heavy atom. The molecule has 6 heteroatoms. The van der Waals surface area contributed by atoms with Gasteiger partial charge < -0.3 is 21.1 Å². The van der Waals surface area contributed by atoms with Crippen molar-refractivity contribution in [1.82, 2.24) is 10.6 Å². The molecular weight excluding hydrogens is 340 g/mol. The molecule has 27 heavy (non-hydrogen) atoms. The van der Waals surface area contributed by atoms with Crippen LogP contribution >= 0.6 is 0 Å². The van der Waals surface area contributed by atoms with Gasteiger partial charge in [-0.2, -0.15) is 0 Å². The lowest BCUT2D eigenvalue weighted by molar-refractivity contribution is 0.100. The van der Waals surface area contributed by atoms with E-state index in [-0.39, 0.29) is 0 Å². The Kier molecular flexibility index (Phi) is 7.67. The Bertz CT molecular complexity index is 785. The van der Waals surface area contributed by atoms with Gasteiger partial charge >= 0.3 is 0 Å². The molecule has 0 saturated heterocycles. The number of amides is 1. The molecule has 0 aromatic heterocycles. The smallest absolute Gasteiger partial charge is 0.248 e. The Hall–Kier alpha value is -3.02. The number of hydrogen-bond acceptors (Lipinski definition) is 3. The molecule has 144 valence electrons. The Balaban J connectivity index is 1.95. The standard InChI is InChI=1S/C21H28N4O2/c1-4-23-21(25-14-16-6-8-17(9-7-16)20(22)26)24-12-11-18-13-15(2)5-10-19(18)27-3/h5-10,13H,4,11-12,14H2,1-3H3,(H2,22,26)(H2,23,24,25). The highest BCUT2D eigenvalue weighted by Gasteiger charge is 2.05. The van der Waals surface area contributed by atoms with E-state index in [1.165, 1.54) is 11.1 Å². The van der Waals surface area contributed by atoms with Gasteiger partial charge in [0.05, 0.1) is 13.7 Å². The molecule has 6 nitrogen and oxygen atoms in total. The van der Waals surface area contributed by atoms with Crippen LogP contribution in [0.1, 0.15) is 34.0 Å². The van der Waals surface area contributed by atoms with E-state index in [0.717, 1.165) is 36.8 Å². The summed E-state index contributed by atoms with van der Waals surface area (Å²) >= 11 is 0. The third-order valence-electron chi connectivity index (χ3n) is 4.13. The van der Waals surface area contributed by atoms with Gasteiger partial charge in [-0.25, -0.2) is 4.99 Å². The van der Waals surface area contributed by atoms with Crippen molar-refractivity contribution in [3.63, 3.8) is 0 Å². The second-order valence-corrected chi connectivity index (χ2v) is 6.25. The van der Waals surface area contributed by atoms with Crippen molar-refractivity contribution < 1.29 is 9.53 Å². The molecule has 0 fully saturated rings. The summed E-state index contributed by atoms with van der Waals surface area (Å²) in [4.78, 5) is 15.7. The van der Waals surface area contributed by atoms with Crippen LogP contribution in [-0.2, 0) is 13.0 Å². The molecule has 1 amide bonds. The maximum Gasteiger partial charge on any atom is 0.248 e. The van der Waals surface area contributed by atoms with Gasteiger partial charge in [0.25, 0.3) is 0 Å². The Labute approximate surface area is 160 Å². The second-order valence-electron chi connectivity index (χ2n) is 6.25. The van der Waals surface area contributed by atoms with E-state index in [9.17, 15) is 4.79 Å². The van der Waals surface area contributed by atoms with Crippen LogP contribution in [0, 0.1) is 6.92 Å². The number of guanidine groups is 1. The topological polar surface area (TPSA) is 88.7 Å². The van der Waals surface area contributed by atoms with Crippen molar-refractivity contribution in [2.45, 2.75) is 26.8 Å². The number of methoxy groups -OCH3 is 1. The summed E-state index contributed by atoms with van der Waals surface area (Å²) in [7, 11) is 1.69. The maximum absolute atomic E-state index is 11.1. The molecule has 0 bridgehead atoms. The minimum atomic E-state index is -0.424. The summed E-state index contributed by atoms with van der Waals surface area (Å²) in [5.41, 5.74) is 9.16. The number of nitrogens with one attached hydrogen (secondary N) is 2. The fourth-order valence-electron chi connectivity index (χ4n) is 2.70. The quantitative estimate of drug-likeness (QED) is 0.493. The number of aryl methyl sites for hydroxylation is 1. The maximum atomic E-state index is 11.1. The molecule has 2 rings (SSSR count). The van der Waals surface area contributed by atoms with E-state index in [4.69, 9.17) is 10.5 Å². The van der Waals surface area contributed by atoms with E-state index in [1.807, 2.05) is 31.2 Å². The van der Waals surface area contributed by atoms with Crippen LogP contribution in [0.4, 0.5) is 0 Å². The number of primary amides is 1. The first-order valence-electron chi connectivity index (χ1n) is 9.08. The first kappa shape index (κ1) is 20.3. The van der Waals surface area contributed by atoms with Crippen molar-refractivity contribution in [3.8, 4) is 5.75 Å². The van der Waals surface area contributed by atoms with Crippen LogP contribution in [0.5, 0.6) is 5.75 Å². The molecule has 2 aromatic rings. The summed E-state index contributed by atoms with van der Waals surface area (Å²) < 4.78 is 5.43. The Morgan fingerprint density at radius 1 is 1.15 bits per heavy atom. The first-order valence-corrected chi connectivity index (χ1v) is 9.08. The SMILES string of the molecule is CCNC(=NCc1ccc(C(N)=O)cc1)NCCc1cc(C)ccc1OC. The zero-order valence-corrected chi connectivity index (χ0v) is 16.2. The van der Waals surface area contributed by atoms with Gasteiger partial charge in [0.1, 0.15) is 5.75 Å². The molecule has 0 unspecified atom stereocenters. The van der Waals surface area contributed by atoms with E-state index in [1.54, 1.807) is 19.2 Å². The number of carbonyl (C=O) groups excluding carboxylic acids is 1. The van der Waals surface area contributed by atoms with Crippen LogP contribution in [0.25, 0.3) is 0 Å². The Morgan fingerprint density at radius 3 is 2.52 bits per heavy atom. The number of benzene rings is 2. The van der Waals surface area contributed by atoms with E-state index >= 15 is 0 Å². The van der Waals surface area contributed by atoms with Crippen LogP contribution in [0.15, 0.2) is 47.5 Å². The van der Waals surface area contributed by atoms with Crippen LogP contribution in [0.3, 0.4) is 0 Å². The fourth-order valence-corrected chi connectivity index (χ4v) is 2.70. The fraction of sp³-hybridized carbons (Fsp3) is 0.333. The van der Waals surface area contributed by atoms with Gasteiger partial charge in [-0.3, -0.25) is 4.79 Å². The molecule has 2 aromatic carbocycles. The van der Waals surface area contributed by atoms with Crippen molar-refractivity contribution in [2.75, 3.05) is 20.2 Å². The number of rotatable bonds is 8. The van der Waals surface area contributed by atoms with E-state index in [0.29, 0.717) is 12.1 Å². The summed E-state index contributed by atoms with van der Waals surface area (Å²) in [5, 5.41) is 6.59. The highest BCUT2D eigenvalue weighted by Crippen LogP contribution is 2.19. The normalized spacial score (nSPS) is 11.1. The lowest BCUT2D eigenvalue weighted by Crippen LogP contribution is -2.38. The van der Waals surface area contributed by atoms with Gasteiger partial charge in [0.15, 0.2) is 5.96 Å². The average Bonchev–Trinajstić information content (AvgIpc) is 2.66. The van der Waals surface area contributed by atoms with Gasteiger partial charge in [-0.05, 0) is 49.6 Å². The van der Waals surface area contributed by atoms with Crippen LogP contribution in [-0.4, -0.2) is 32.1 Å². The number of ether oxygens (including phenoxy) is 1. The molecule has 0 atom stereocenters. The largest absolute Gasteiger partial charge is 0.496 e. The molecule has 0 radical (unpaired) electrons. The predicted octanol–water partition coefficient (Wildman–Crippen LogP) is 2.40. The summed E-state index contributed by atoms with van der Waals surface area (Å²) in [6.07, 6.45) is 0.836. The summed E-state index contributed by atoms with van der Waals surface area (Å²) in [5.74, 6) is 1.23. The first-order chi connectivity index (χ1) is 13.0. The molecule has 0 aliphatic carbocycles. The van der Waals surface area contributed by atoms with Crippen molar-refractivity contribution in [1.29, 1.82) is 0 Å². The molecular formula is C21H28N4O2. The van der Waals surface area contributed by atoms with Gasteiger partial charge in [-0.1, -0.05) is 29.8 Å². The average molecular weight is 368 g/mol. The van der Waals surface area contributed by atoms with Gasteiger partial charge in [0, 0.05) is 18.7 Å². The zero-order valence-electron chi connectivity index (χ0n) is 16.2. The van der Waals surface area contributed by atoms with Crippen molar-refractivity contribution in [3.05, 3.63) is 64.7 Å². The van der Waals surface area contributed by atoms with Gasteiger partial charge in [0.2, 0.25) is 5.91 Å². The third-order valence-corrected chi connectivity index (χ3v) is 4.13. The molecule has 0 spiro atoms. The van der Waals surface area contributed by atoms with Crippen molar-refractivity contribution in [2.24, 2.45) is 10.7 Å². The molecule has 4 N–H and O–H groups in total. The molecule has 0 heterocycles. The third kappa shape index (κ3) is 6.33. The second kappa shape index (κ2) is 10.2. The zero-order chi connectivity index (χ0) is 19.6.